The van der Waals surface area contributed by atoms with E-state index < -0.39 is 0 Å². The van der Waals surface area contributed by atoms with Crippen molar-refractivity contribution < 1.29 is 0 Å². The summed E-state index contributed by atoms with van der Waals surface area (Å²) in [5, 5.41) is 0. The lowest BCUT2D eigenvalue weighted by molar-refractivity contribution is 0.0548. The highest BCUT2D eigenvalue weighted by Gasteiger charge is 2.28. The molecule has 1 aliphatic carbocycles. The molecule has 2 N–H and O–H groups in total. The SMILES string of the molecule is CC(C)(N)CN1CCN(C2CCC2)CC1. The van der Waals surface area contributed by atoms with Crippen LogP contribution in [0.25, 0.3) is 0 Å². The number of hydrogen-bond donors (Lipinski definition) is 1. The molecule has 0 aromatic carbocycles. The van der Waals surface area contributed by atoms with Crippen LogP contribution in [0, 0.1) is 0 Å². The molecule has 1 saturated heterocycles. The Morgan fingerprint density at radius 3 is 2.13 bits per heavy atom. The molecule has 0 aromatic heterocycles. The van der Waals surface area contributed by atoms with Gasteiger partial charge in [0.05, 0.1) is 0 Å². The molecule has 0 unspecified atom stereocenters. The first-order chi connectivity index (χ1) is 7.04. The summed E-state index contributed by atoms with van der Waals surface area (Å²) < 4.78 is 0. The van der Waals surface area contributed by atoms with Crippen LogP contribution in [0.4, 0.5) is 0 Å². The van der Waals surface area contributed by atoms with Crippen molar-refractivity contribution in [1.29, 1.82) is 0 Å². The molecular weight excluding hydrogens is 186 g/mol. The third-order valence-corrected chi connectivity index (χ3v) is 3.63. The largest absolute Gasteiger partial charge is 0.324 e. The van der Waals surface area contributed by atoms with Crippen LogP contribution in [0.1, 0.15) is 33.1 Å². The molecule has 2 rings (SSSR count). The van der Waals surface area contributed by atoms with Crippen LogP contribution in [0.15, 0.2) is 0 Å². The van der Waals surface area contributed by atoms with Crippen molar-refractivity contribution in [3.63, 3.8) is 0 Å². The van der Waals surface area contributed by atoms with Crippen LogP contribution in [-0.4, -0.2) is 54.1 Å². The van der Waals surface area contributed by atoms with E-state index in [0.29, 0.717) is 0 Å². The minimum Gasteiger partial charge on any atom is -0.324 e. The van der Waals surface area contributed by atoms with Gasteiger partial charge in [-0.2, -0.15) is 0 Å². The minimum absolute atomic E-state index is 0.0430. The summed E-state index contributed by atoms with van der Waals surface area (Å²) in [5.41, 5.74) is 6.00. The van der Waals surface area contributed by atoms with Crippen LogP contribution in [0.5, 0.6) is 0 Å². The lowest BCUT2D eigenvalue weighted by atomic mass is 9.91. The van der Waals surface area contributed by atoms with Crippen molar-refractivity contribution in [2.75, 3.05) is 32.7 Å². The fraction of sp³-hybridized carbons (Fsp3) is 1.00. The van der Waals surface area contributed by atoms with Gasteiger partial charge >= 0.3 is 0 Å². The highest BCUT2D eigenvalue weighted by molar-refractivity contribution is 4.86. The van der Waals surface area contributed by atoms with Gasteiger partial charge in [-0.15, -0.1) is 0 Å². The van der Waals surface area contributed by atoms with E-state index in [-0.39, 0.29) is 5.54 Å². The zero-order chi connectivity index (χ0) is 10.9. The normalized spacial score (nSPS) is 26.6. The molecule has 0 amide bonds. The third kappa shape index (κ3) is 3.16. The van der Waals surface area contributed by atoms with E-state index in [4.69, 9.17) is 5.73 Å². The fourth-order valence-corrected chi connectivity index (χ4v) is 2.61. The van der Waals surface area contributed by atoms with Crippen molar-refractivity contribution >= 4 is 0 Å². The Kier molecular flexibility index (Phi) is 3.33. The Labute approximate surface area is 93.6 Å². The molecule has 15 heavy (non-hydrogen) atoms. The fourth-order valence-electron chi connectivity index (χ4n) is 2.61. The summed E-state index contributed by atoms with van der Waals surface area (Å²) in [6.07, 6.45) is 4.31. The summed E-state index contributed by atoms with van der Waals surface area (Å²) in [6.45, 7) is 10.2. The van der Waals surface area contributed by atoms with Crippen LogP contribution in [-0.2, 0) is 0 Å². The summed E-state index contributed by atoms with van der Waals surface area (Å²) in [4.78, 5) is 5.18. The summed E-state index contributed by atoms with van der Waals surface area (Å²) >= 11 is 0. The molecule has 0 spiro atoms. The predicted octanol–water partition coefficient (Wildman–Crippen LogP) is 0.894. The monoisotopic (exact) mass is 211 g/mol. The van der Waals surface area contributed by atoms with E-state index in [0.717, 1.165) is 12.6 Å². The topological polar surface area (TPSA) is 32.5 Å². The number of nitrogens with zero attached hydrogens (tertiary/aromatic N) is 2. The standard InChI is InChI=1S/C12H25N3/c1-12(2,13)10-14-6-8-15(9-7-14)11-4-3-5-11/h11H,3-10,13H2,1-2H3. The summed E-state index contributed by atoms with van der Waals surface area (Å²) in [6, 6.07) is 0.915. The van der Waals surface area contributed by atoms with Crippen molar-refractivity contribution in [2.45, 2.75) is 44.7 Å². The van der Waals surface area contributed by atoms with Gasteiger partial charge in [-0.25, -0.2) is 0 Å². The Morgan fingerprint density at radius 2 is 1.73 bits per heavy atom. The molecule has 0 bridgehead atoms. The zero-order valence-electron chi connectivity index (χ0n) is 10.2. The maximum atomic E-state index is 6.04. The lowest BCUT2D eigenvalue weighted by Gasteiger charge is -2.44. The van der Waals surface area contributed by atoms with E-state index in [2.05, 4.69) is 23.6 Å². The van der Waals surface area contributed by atoms with Crippen LogP contribution in [0.3, 0.4) is 0 Å². The summed E-state index contributed by atoms with van der Waals surface area (Å²) in [5.74, 6) is 0. The average molecular weight is 211 g/mol. The minimum atomic E-state index is -0.0430. The molecule has 3 heteroatoms. The number of nitrogens with two attached hydrogens (primary N) is 1. The predicted molar refractivity (Wildman–Crippen MR) is 63.9 cm³/mol. The van der Waals surface area contributed by atoms with Gasteiger partial charge in [-0.3, -0.25) is 9.80 Å². The average Bonchev–Trinajstić information content (AvgIpc) is 2.02. The van der Waals surface area contributed by atoms with Gasteiger partial charge in [0.2, 0.25) is 0 Å². The Bertz CT molecular complexity index is 197. The highest BCUT2D eigenvalue weighted by atomic mass is 15.3. The van der Waals surface area contributed by atoms with Gasteiger partial charge in [0.1, 0.15) is 0 Å². The van der Waals surface area contributed by atoms with E-state index in [9.17, 15) is 0 Å². The van der Waals surface area contributed by atoms with Gasteiger partial charge in [0.25, 0.3) is 0 Å². The van der Waals surface area contributed by atoms with Crippen molar-refractivity contribution in [3.8, 4) is 0 Å². The molecule has 0 atom stereocenters. The maximum absolute atomic E-state index is 6.04. The number of piperazine rings is 1. The second-order valence-electron chi connectivity index (χ2n) is 5.89. The molecule has 1 saturated carbocycles. The Morgan fingerprint density at radius 1 is 1.13 bits per heavy atom. The van der Waals surface area contributed by atoms with Crippen molar-refractivity contribution in [1.82, 2.24) is 9.80 Å². The van der Waals surface area contributed by atoms with Gasteiger partial charge in [0.15, 0.2) is 0 Å². The second kappa shape index (κ2) is 4.40. The molecule has 88 valence electrons. The van der Waals surface area contributed by atoms with Gasteiger partial charge < -0.3 is 5.73 Å². The third-order valence-electron chi connectivity index (χ3n) is 3.63. The number of rotatable bonds is 3. The smallest absolute Gasteiger partial charge is 0.0226 e. The van der Waals surface area contributed by atoms with Crippen molar-refractivity contribution in [3.05, 3.63) is 0 Å². The molecule has 3 nitrogen and oxygen atoms in total. The maximum Gasteiger partial charge on any atom is 0.0226 e. The Balaban J connectivity index is 1.72. The quantitative estimate of drug-likeness (QED) is 0.752. The van der Waals surface area contributed by atoms with Crippen LogP contribution >= 0.6 is 0 Å². The van der Waals surface area contributed by atoms with Gasteiger partial charge in [-0.05, 0) is 26.7 Å². The molecule has 1 heterocycles. The van der Waals surface area contributed by atoms with Gasteiger partial charge in [0, 0.05) is 44.3 Å². The molecule has 0 radical (unpaired) electrons. The van der Waals surface area contributed by atoms with Crippen LogP contribution < -0.4 is 5.73 Å². The molecule has 2 aliphatic rings. The molecule has 2 fully saturated rings. The van der Waals surface area contributed by atoms with Crippen LogP contribution in [0.2, 0.25) is 0 Å². The molecule has 1 aliphatic heterocycles. The molecular formula is C12H25N3. The van der Waals surface area contributed by atoms with Crippen molar-refractivity contribution in [2.24, 2.45) is 5.73 Å². The zero-order valence-corrected chi connectivity index (χ0v) is 10.2. The second-order valence-corrected chi connectivity index (χ2v) is 5.89. The first-order valence-corrected chi connectivity index (χ1v) is 6.30. The first kappa shape index (κ1) is 11.4. The number of hydrogen-bond acceptors (Lipinski definition) is 3. The Hall–Kier alpha value is -0.120. The lowest BCUT2D eigenvalue weighted by Crippen LogP contribution is -2.55. The van der Waals surface area contributed by atoms with E-state index in [1.165, 1.54) is 45.4 Å². The first-order valence-electron chi connectivity index (χ1n) is 6.30. The highest BCUT2D eigenvalue weighted by Crippen LogP contribution is 2.25. The van der Waals surface area contributed by atoms with Gasteiger partial charge in [-0.1, -0.05) is 6.42 Å². The molecule has 0 aromatic rings. The van der Waals surface area contributed by atoms with E-state index in [1.807, 2.05) is 0 Å². The summed E-state index contributed by atoms with van der Waals surface area (Å²) in [7, 11) is 0. The van der Waals surface area contributed by atoms with E-state index in [1.54, 1.807) is 0 Å². The van der Waals surface area contributed by atoms with E-state index >= 15 is 0 Å².